The third kappa shape index (κ3) is 0.548. The molecule has 0 aliphatic carbocycles. The van der Waals surface area contributed by atoms with E-state index in [9.17, 15) is 4.79 Å². The third-order valence-corrected chi connectivity index (χ3v) is 1.41. The summed E-state index contributed by atoms with van der Waals surface area (Å²) in [5.41, 5.74) is -0.431. The van der Waals surface area contributed by atoms with Gasteiger partial charge in [0.25, 0.3) is 0 Å². The molecule has 1 fully saturated rings. The summed E-state index contributed by atoms with van der Waals surface area (Å²) < 4.78 is 4.89. The van der Waals surface area contributed by atoms with Crippen LogP contribution in [0.25, 0.3) is 0 Å². The Hall–Kier alpha value is -0.370. The number of hydrogen-bond donors (Lipinski definition) is 0. The van der Waals surface area contributed by atoms with Crippen LogP contribution in [0.2, 0.25) is 0 Å². The zero-order chi connectivity index (χ0) is 5.49. The monoisotopic (exact) mass is 100 g/mol. The summed E-state index contributed by atoms with van der Waals surface area (Å²) >= 11 is 0. The van der Waals surface area contributed by atoms with E-state index in [-0.39, 0.29) is 6.10 Å². The van der Waals surface area contributed by atoms with E-state index in [0.29, 0.717) is 0 Å². The second-order valence-corrected chi connectivity index (χ2v) is 2.06. The second kappa shape index (κ2) is 1.07. The molecule has 0 bridgehead atoms. The fourth-order valence-electron chi connectivity index (χ4n) is 0.470. The summed E-state index contributed by atoms with van der Waals surface area (Å²) in [6.45, 7) is 3.67. The lowest BCUT2D eigenvalue weighted by Gasteiger charge is -1.83. The van der Waals surface area contributed by atoms with E-state index in [1.54, 1.807) is 6.92 Å². The molecule has 0 aromatic rings. The SMILES string of the molecule is C[C@H]1O[C@@]1(C)C=O. The number of carbonyl (C=O) groups is 1. The van der Waals surface area contributed by atoms with Gasteiger partial charge in [-0.1, -0.05) is 0 Å². The van der Waals surface area contributed by atoms with Crippen molar-refractivity contribution < 1.29 is 9.53 Å². The van der Waals surface area contributed by atoms with Gasteiger partial charge in [0.1, 0.15) is 5.60 Å². The molecule has 0 aromatic heterocycles. The Morgan fingerprint density at radius 1 is 1.86 bits per heavy atom. The minimum absolute atomic E-state index is 0.144. The summed E-state index contributed by atoms with van der Waals surface area (Å²) in [5.74, 6) is 0. The van der Waals surface area contributed by atoms with Gasteiger partial charge in [-0.05, 0) is 13.8 Å². The molecule has 7 heavy (non-hydrogen) atoms. The van der Waals surface area contributed by atoms with Gasteiger partial charge in [-0.25, -0.2) is 0 Å². The minimum atomic E-state index is -0.431. The summed E-state index contributed by atoms with van der Waals surface area (Å²) in [7, 11) is 0. The zero-order valence-corrected chi connectivity index (χ0v) is 4.47. The van der Waals surface area contributed by atoms with Crippen LogP contribution in [0.3, 0.4) is 0 Å². The smallest absolute Gasteiger partial charge is 0.154 e. The van der Waals surface area contributed by atoms with Crippen molar-refractivity contribution in [2.24, 2.45) is 0 Å². The highest BCUT2D eigenvalue weighted by Crippen LogP contribution is 2.32. The lowest BCUT2D eigenvalue weighted by molar-refractivity contribution is -0.111. The van der Waals surface area contributed by atoms with Crippen LogP contribution >= 0.6 is 0 Å². The largest absolute Gasteiger partial charge is 0.359 e. The van der Waals surface area contributed by atoms with E-state index < -0.39 is 5.60 Å². The topological polar surface area (TPSA) is 29.6 Å². The molecule has 0 amide bonds. The van der Waals surface area contributed by atoms with Crippen LogP contribution in [0.15, 0.2) is 0 Å². The molecule has 0 spiro atoms. The maximum Gasteiger partial charge on any atom is 0.154 e. The molecule has 1 rings (SSSR count). The van der Waals surface area contributed by atoms with Crippen molar-refractivity contribution in [3.63, 3.8) is 0 Å². The quantitative estimate of drug-likeness (QED) is 0.352. The zero-order valence-electron chi connectivity index (χ0n) is 4.47. The number of carbonyl (C=O) groups excluding carboxylic acids is 1. The molecule has 40 valence electrons. The molecule has 0 saturated carbocycles. The highest BCUT2D eigenvalue weighted by molar-refractivity contribution is 5.66. The first-order chi connectivity index (χ1) is 3.19. The molecule has 2 nitrogen and oxygen atoms in total. The van der Waals surface area contributed by atoms with Crippen molar-refractivity contribution in [1.29, 1.82) is 0 Å². The summed E-state index contributed by atoms with van der Waals surface area (Å²) in [4.78, 5) is 9.97. The highest BCUT2D eigenvalue weighted by atomic mass is 16.6. The van der Waals surface area contributed by atoms with E-state index >= 15 is 0 Å². The summed E-state index contributed by atoms with van der Waals surface area (Å²) in [5, 5.41) is 0. The lowest BCUT2D eigenvalue weighted by Crippen LogP contribution is -2.08. The Morgan fingerprint density at radius 3 is 2.29 bits per heavy atom. The number of epoxide rings is 1. The molecular weight excluding hydrogens is 92.1 g/mol. The Labute approximate surface area is 42.5 Å². The predicted octanol–water partition coefficient (Wildman–Crippen LogP) is 0.363. The van der Waals surface area contributed by atoms with Crippen molar-refractivity contribution in [2.45, 2.75) is 25.6 Å². The molecule has 1 aliphatic heterocycles. The predicted molar refractivity (Wildman–Crippen MR) is 25.0 cm³/mol. The molecular formula is C5H8O2. The Kier molecular flexibility index (Phi) is 0.729. The van der Waals surface area contributed by atoms with Crippen LogP contribution in [0.5, 0.6) is 0 Å². The molecule has 1 heterocycles. The van der Waals surface area contributed by atoms with Crippen molar-refractivity contribution >= 4 is 6.29 Å². The third-order valence-electron chi connectivity index (χ3n) is 1.41. The fraction of sp³-hybridized carbons (Fsp3) is 0.800. The molecule has 1 aliphatic rings. The molecule has 0 N–H and O–H groups in total. The number of rotatable bonds is 1. The second-order valence-electron chi connectivity index (χ2n) is 2.06. The average molecular weight is 100 g/mol. The van der Waals surface area contributed by atoms with E-state index in [0.717, 1.165) is 6.29 Å². The van der Waals surface area contributed by atoms with Crippen LogP contribution in [0.4, 0.5) is 0 Å². The van der Waals surface area contributed by atoms with Crippen LogP contribution in [-0.4, -0.2) is 18.0 Å². The van der Waals surface area contributed by atoms with Gasteiger partial charge in [0, 0.05) is 0 Å². The van der Waals surface area contributed by atoms with Gasteiger partial charge < -0.3 is 9.53 Å². The number of ether oxygens (including phenoxy) is 1. The van der Waals surface area contributed by atoms with E-state index in [4.69, 9.17) is 4.74 Å². The van der Waals surface area contributed by atoms with E-state index in [2.05, 4.69) is 0 Å². The minimum Gasteiger partial charge on any atom is -0.359 e. The first-order valence-corrected chi connectivity index (χ1v) is 2.33. The molecule has 2 heteroatoms. The first kappa shape index (κ1) is 4.78. The van der Waals surface area contributed by atoms with Crippen LogP contribution < -0.4 is 0 Å². The standard InChI is InChI=1S/C5H8O2/c1-4-5(2,3-6)7-4/h3-4H,1-2H3/t4-,5+/m1/s1. The van der Waals surface area contributed by atoms with Gasteiger partial charge in [-0.15, -0.1) is 0 Å². The van der Waals surface area contributed by atoms with Crippen molar-refractivity contribution in [2.75, 3.05) is 0 Å². The first-order valence-electron chi connectivity index (χ1n) is 2.33. The number of hydrogen-bond acceptors (Lipinski definition) is 2. The van der Waals surface area contributed by atoms with Crippen molar-refractivity contribution in [1.82, 2.24) is 0 Å². The van der Waals surface area contributed by atoms with Gasteiger partial charge in [0.2, 0.25) is 0 Å². The maximum atomic E-state index is 9.97. The van der Waals surface area contributed by atoms with Gasteiger partial charge in [0.15, 0.2) is 6.29 Å². The summed E-state index contributed by atoms with van der Waals surface area (Å²) in [6.07, 6.45) is 0.988. The Balaban J connectivity index is 2.51. The summed E-state index contributed by atoms with van der Waals surface area (Å²) in [6, 6.07) is 0. The highest BCUT2D eigenvalue weighted by Gasteiger charge is 2.48. The van der Waals surface area contributed by atoms with Gasteiger partial charge in [-0.3, -0.25) is 0 Å². The average Bonchev–Trinajstić information content (AvgIpc) is 2.18. The molecule has 2 atom stereocenters. The molecule has 0 radical (unpaired) electrons. The Bertz CT molecular complexity index is 100. The van der Waals surface area contributed by atoms with Crippen LogP contribution in [0.1, 0.15) is 13.8 Å². The van der Waals surface area contributed by atoms with E-state index in [1.165, 1.54) is 0 Å². The fourth-order valence-corrected chi connectivity index (χ4v) is 0.470. The molecule has 0 unspecified atom stereocenters. The van der Waals surface area contributed by atoms with Crippen LogP contribution in [0, 0.1) is 0 Å². The van der Waals surface area contributed by atoms with Crippen molar-refractivity contribution in [3.05, 3.63) is 0 Å². The number of aldehydes is 1. The Morgan fingerprint density at radius 2 is 2.29 bits per heavy atom. The maximum absolute atomic E-state index is 9.97. The van der Waals surface area contributed by atoms with Gasteiger partial charge in [0.05, 0.1) is 6.10 Å². The van der Waals surface area contributed by atoms with Crippen molar-refractivity contribution in [3.8, 4) is 0 Å². The van der Waals surface area contributed by atoms with E-state index in [1.807, 2.05) is 6.92 Å². The molecule has 0 aromatic carbocycles. The van der Waals surface area contributed by atoms with Gasteiger partial charge in [-0.2, -0.15) is 0 Å². The molecule has 1 saturated heterocycles. The van der Waals surface area contributed by atoms with Gasteiger partial charge >= 0.3 is 0 Å². The normalized spacial score (nSPS) is 48.6. The van der Waals surface area contributed by atoms with Crippen LogP contribution in [-0.2, 0) is 9.53 Å². The lowest BCUT2D eigenvalue weighted by atomic mass is 10.1.